The summed E-state index contributed by atoms with van der Waals surface area (Å²) in [6.07, 6.45) is 7.59. The molecule has 1 aliphatic carbocycles. The first kappa shape index (κ1) is 17.2. The third-order valence-electron chi connectivity index (χ3n) is 4.08. The van der Waals surface area contributed by atoms with E-state index in [1.165, 1.54) is 38.5 Å². The van der Waals surface area contributed by atoms with Crippen LogP contribution in [-0.4, -0.2) is 34.7 Å². The molecule has 2 N–H and O–H groups in total. The number of hydrogen-bond acceptors (Lipinski definition) is 4. The molecule has 124 valence electrons. The number of sulfonamides is 1. The summed E-state index contributed by atoms with van der Waals surface area (Å²) in [5, 5.41) is 3.46. The zero-order valence-corrected chi connectivity index (χ0v) is 14.0. The molecular formula is C16H26N2O3S. The lowest BCUT2D eigenvalue weighted by Crippen LogP contribution is -2.36. The van der Waals surface area contributed by atoms with Crippen LogP contribution in [0.15, 0.2) is 29.2 Å². The largest absolute Gasteiger partial charge is 0.497 e. The molecule has 1 aliphatic rings. The van der Waals surface area contributed by atoms with Gasteiger partial charge < -0.3 is 10.1 Å². The summed E-state index contributed by atoms with van der Waals surface area (Å²) in [6.45, 7) is 1.07. The van der Waals surface area contributed by atoms with Gasteiger partial charge in [-0.2, -0.15) is 0 Å². The normalized spacial score (nSPS) is 17.1. The Bertz CT molecular complexity index is 535. The van der Waals surface area contributed by atoms with Crippen molar-refractivity contribution in [1.29, 1.82) is 0 Å². The van der Waals surface area contributed by atoms with Crippen LogP contribution in [0.1, 0.15) is 38.5 Å². The third-order valence-corrected chi connectivity index (χ3v) is 5.55. The van der Waals surface area contributed by atoms with Gasteiger partial charge in [-0.15, -0.1) is 0 Å². The fourth-order valence-electron chi connectivity index (χ4n) is 2.78. The van der Waals surface area contributed by atoms with Crippen molar-refractivity contribution in [2.45, 2.75) is 49.5 Å². The van der Waals surface area contributed by atoms with E-state index >= 15 is 0 Å². The van der Waals surface area contributed by atoms with Gasteiger partial charge in [0.15, 0.2) is 0 Å². The van der Waals surface area contributed by atoms with Crippen molar-refractivity contribution < 1.29 is 13.2 Å². The topological polar surface area (TPSA) is 67.4 Å². The Morgan fingerprint density at radius 3 is 2.27 bits per heavy atom. The van der Waals surface area contributed by atoms with Gasteiger partial charge in [0.1, 0.15) is 5.75 Å². The number of ether oxygens (including phenoxy) is 1. The molecule has 22 heavy (non-hydrogen) atoms. The van der Waals surface area contributed by atoms with Crippen molar-refractivity contribution in [3.8, 4) is 5.75 Å². The lowest BCUT2D eigenvalue weighted by Gasteiger charge is -2.16. The Hall–Kier alpha value is -1.11. The summed E-state index contributed by atoms with van der Waals surface area (Å²) in [6, 6.07) is 6.95. The zero-order chi connectivity index (χ0) is 15.8. The number of nitrogens with one attached hydrogen (secondary N) is 2. The minimum atomic E-state index is -3.44. The summed E-state index contributed by atoms with van der Waals surface area (Å²) >= 11 is 0. The van der Waals surface area contributed by atoms with E-state index < -0.39 is 10.0 Å². The van der Waals surface area contributed by atoms with Crippen LogP contribution in [-0.2, 0) is 10.0 Å². The average Bonchev–Trinajstić information content (AvgIpc) is 2.80. The first-order valence-electron chi connectivity index (χ1n) is 7.99. The summed E-state index contributed by atoms with van der Waals surface area (Å²) < 4.78 is 32.0. The van der Waals surface area contributed by atoms with Crippen LogP contribution < -0.4 is 14.8 Å². The Morgan fingerprint density at radius 1 is 1.05 bits per heavy atom. The Labute approximate surface area is 133 Å². The monoisotopic (exact) mass is 326 g/mol. The second-order valence-corrected chi connectivity index (χ2v) is 7.48. The minimum absolute atomic E-state index is 0.266. The lowest BCUT2D eigenvalue weighted by molar-refractivity contribution is 0.414. The van der Waals surface area contributed by atoms with Crippen molar-refractivity contribution in [2.75, 3.05) is 20.2 Å². The van der Waals surface area contributed by atoms with Gasteiger partial charge in [0.2, 0.25) is 10.0 Å². The Morgan fingerprint density at radius 2 is 1.68 bits per heavy atom. The van der Waals surface area contributed by atoms with Crippen LogP contribution in [0.3, 0.4) is 0 Å². The highest BCUT2D eigenvalue weighted by atomic mass is 32.2. The fraction of sp³-hybridized carbons (Fsp3) is 0.625. The molecule has 0 aliphatic heterocycles. The van der Waals surface area contributed by atoms with E-state index in [-0.39, 0.29) is 4.90 Å². The highest BCUT2D eigenvalue weighted by Crippen LogP contribution is 2.17. The summed E-state index contributed by atoms with van der Waals surface area (Å²) in [4.78, 5) is 0.266. The number of methoxy groups -OCH3 is 1. The van der Waals surface area contributed by atoms with Gasteiger partial charge in [0.05, 0.1) is 12.0 Å². The second kappa shape index (κ2) is 8.50. The van der Waals surface area contributed by atoms with E-state index in [2.05, 4.69) is 10.0 Å². The van der Waals surface area contributed by atoms with Gasteiger partial charge in [-0.3, -0.25) is 0 Å². The number of rotatable bonds is 7. The molecule has 0 spiro atoms. The predicted molar refractivity (Wildman–Crippen MR) is 87.7 cm³/mol. The van der Waals surface area contributed by atoms with Crippen LogP contribution in [0.4, 0.5) is 0 Å². The molecule has 1 aromatic carbocycles. The van der Waals surface area contributed by atoms with Crippen molar-refractivity contribution >= 4 is 10.0 Å². The van der Waals surface area contributed by atoms with E-state index in [1.54, 1.807) is 31.4 Å². The zero-order valence-electron chi connectivity index (χ0n) is 13.2. The summed E-state index contributed by atoms with van der Waals surface area (Å²) in [5.41, 5.74) is 0. The van der Waals surface area contributed by atoms with E-state index in [9.17, 15) is 8.42 Å². The SMILES string of the molecule is COc1ccc(S(=O)(=O)NCCNC2CCCCCC2)cc1. The molecule has 2 rings (SSSR count). The number of benzene rings is 1. The van der Waals surface area contributed by atoms with Crippen LogP contribution in [0.2, 0.25) is 0 Å². The predicted octanol–water partition coefficient (Wildman–Crippen LogP) is 2.29. The molecule has 0 saturated heterocycles. The lowest BCUT2D eigenvalue weighted by atomic mass is 10.1. The quantitative estimate of drug-likeness (QED) is 0.596. The smallest absolute Gasteiger partial charge is 0.240 e. The average molecular weight is 326 g/mol. The first-order chi connectivity index (χ1) is 10.6. The van der Waals surface area contributed by atoms with E-state index in [0.717, 1.165) is 0 Å². The highest BCUT2D eigenvalue weighted by molar-refractivity contribution is 7.89. The van der Waals surface area contributed by atoms with Crippen molar-refractivity contribution in [3.05, 3.63) is 24.3 Å². The minimum Gasteiger partial charge on any atom is -0.497 e. The first-order valence-corrected chi connectivity index (χ1v) is 9.47. The van der Waals surface area contributed by atoms with Gasteiger partial charge >= 0.3 is 0 Å². The van der Waals surface area contributed by atoms with Gasteiger partial charge in [-0.05, 0) is 37.1 Å². The van der Waals surface area contributed by atoms with Crippen molar-refractivity contribution in [1.82, 2.24) is 10.0 Å². The van der Waals surface area contributed by atoms with E-state index in [0.29, 0.717) is 24.9 Å². The van der Waals surface area contributed by atoms with Crippen molar-refractivity contribution in [3.63, 3.8) is 0 Å². The Kier molecular flexibility index (Phi) is 6.67. The molecule has 0 aromatic heterocycles. The second-order valence-electron chi connectivity index (χ2n) is 5.72. The molecule has 0 heterocycles. The molecule has 0 unspecified atom stereocenters. The van der Waals surface area contributed by atoms with E-state index in [4.69, 9.17) is 4.74 Å². The highest BCUT2D eigenvalue weighted by Gasteiger charge is 2.14. The maximum absolute atomic E-state index is 12.2. The fourth-order valence-corrected chi connectivity index (χ4v) is 3.82. The van der Waals surface area contributed by atoms with Gasteiger partial charge in [-0.1, -0.05) is 25.7 Å². The van der Waals surface area contributed by atoms with Crippen LogP contribution in [0.5, 0.6) is 5.75 Å². The molecule has 5 nitrogen and oxygen atoms in total. The molecule has 1 saturated carbocycles. The molecule has 0 atom stereocenters. The molecule has 1 fully saturated rings. The summed E-state index contributed by atoms with van der Waals surface area (Å²) in [5.74, 6) is 0.647. The standard InChI is InChI=1S/C16H26N2O3S/c1-21-15-8-10-16(11-9-15)22(19,20)18-13-12-17-14-6-4-2-3-5-7-14/h8-11,14,17-18H,2-7,12-13H2,1H3. The molecular weight excluding hydrogens is 300 g/mol. The molecule has 1 aromatic rings. The number of hydrogen-bond donors (Lipinski definition) is 2. The summed E-state index contributed by atoms with van der Waals surface area (Å²) in [7, 11) is -1.88. The molecule has 0 amide bonds. The van der Waals surface area contributed by atoms with E-state index in [1.807, 2.05) is 0 Å². The van der Waals surface area contributed by atoms with Gasteiger partial charge in [-0.25, -0.2) is 13.1 Å². The maximum atomic E-state index is 12.2. The third kappa shape index (κ3) is 5.26. The molecule has 0 bridgehead atoms. The van der Waals surface area contributed by atoms with Crippen LogP contribution in [0, 0.1) is 0 Å². The van der Waals surface area contributed by atoms with Crippen molar-refractivity contribution in [2.24, 2.45) is 0 Å². The Balaban J connectivity index is 1.76. The van der Waals surface area contributed by atoms with Crippen LogP contribution in [0.25, 0.3) is 0 Å². The van der Waals surface area contributed by atoms with Gasteiger partial charge in [0, 0.05) is 19.1 Å². The maximum Gasteiger partial charge on any atom is 0.240 e. The molecule has 0 radical (unpaired) electrons. The molecule has 6 heteroatoms. The van der Waals surface area contributed by atoms with Gasteiger partial charge in [0.25, 0.3) is 0 Å². The van der Waals surface area contributed by atoms with Crippen LogP contribution >= 0.6 is 0 Å².